The minimum atomic E-state index is 0.932. The van der Waals surface area contributed by atoms with E-state index in [0.29, 0.717) is 0 Å². The van der Waals surface area contributed by atoms with E-state index in [9.17, 15) is 0 Å². The highest BCUT2D eigenvalue weighted by atomic mass is 15.1. The summed E-state index contributed by atoms with van der Waals surface area (Å²) in [5.41, 5.74) is 9.84. The Bertz CT molecular complexity index is 3130. The summed E-state index contributed by atoms with van der Waals surface area (Å²) in [7, 11) is 0. The number of imidazole rings is 1. The zero-order valence-corrected chi connectivity index (χ0v) is 30.5. The number of aromatic nitrogens is 2. The molecule has 1 aromatic heterocycles. The second-order valence-corrected chi connectivity index (χ2v) is 14.4. The van der Waals surface area contributed by atoms with Crippen LogP contribution in [0.15, 0.2) is 212 Å². The first-order valence-electron chi connectivity index (χ1n) is 19.1. The zero-order valence-electron chi connectivity index (χ0n) is 30.5. The van der Waals surface area contributed by atoms with Gasteiger partial charge in [0.25, 0.3) is 0 Å². The van der Waals surface area contributed by atoms with E-state index < -0.39 is 0 Å². The molecule has 0 aliphatic rings. The summed E-state index contributed by atoms with van der Waals surface area (Å²) in [4.78, 5) is 7.46. The Labute approximate surface area is 325 Å². The summed E-state index contributed by atoms with van der Waals surface area (Å²) >= 11 is 0. The van der Waals surface area contributed by atoms with Gasteiger partial charge < -0.3 is 4.90 Å². The molecule has 0 amide bonds. The average molecular weight is 714 g/mol. The van der Waals surface area contributed by atoms with Crippen molar-refractivity contribution in [1.29, 1.82) is 0 Å². The van der Waals surface area contributed by atoms with E-state index in [1.54, 1.807) is 0 Å². The number of anilines is 3. The van der Waals surface area contributed by atoms with E-state index in [2.05, 4.69) is 216 Å². The molecular formula is C53H35N3. The van der Waals surface area contributed by atoms with Crippen LogP contribution in [0.25, 0.3) is 82.3 Å². The fourth-order valence-electron chi connectivity index (χ4n) is 8.42. The number of rotatable bonds is 6. The van der Waals surface area contributed by atoms with Crippen LogP contribution in [0.4, 0.5) is 17.1 Å². The molecule has 0 unspecified atom stereocenters. The molecule has 0 spiro atoms. The summed E-state index contributed by atoms with van der Waals surface area (Å²) in [6.45, 7) is 0. The van der Waals surface area contributed by atoms with Gasteiger partial charge in [0.2, 0.25) is 0 Å². The molecule has 11 aromatic rings. The van der Waals surface area contributed by atoms with E-state index in [4.69, 9.17) is 4.98 Å². The van der Waals surface area contributed by atoms with Gasteiger partial charge >= 0.3 is 0 Å². The van der Waals surface area contributed by atoms with Gasteiger partial charge in [0, 0.05) is 28.3 Å². The molecule has 0 radical (unpaired) electrons. The number of benzene rings is 10. The Morgan fingerprint density at radius 1 is 0.339 bits per heavy atom. The smallest absolute Gasteiger partial charge is 0.145 e. The molecule has 10 aromatic carbocycles. The first kappa shape index (κ1) is 32.0. The lowest BCUT2D eigenvalue weighted by molar-refractivity contribution is 1.10. The van der Waals surface area contributed by atoms with Gasteiger partial charge in [-0.1, -0.05) is 152 Å². The highest BCUT2D eigenvalue weighted by molar-refractivity contribution is 6.10. The number of fused-ring (bicyclic) bond motifs is 7. The third-order valence-corrected chi connectivity index (χ3v) is 11.1. The van der Waals surface area contributed by atoms with Gasteiger partial charge in [-0.05, 0) is 115 Å². The van der Waals surface area contributed by atoms with Crippen molar-refractivity contribution in [3.8, 4) is 28.2 Å². The normalized spacial score (nSPS) is 11.6. The van der Waals surface area contributed by atoms with Crippen LogP contribution in [0.1, 0.15) is 0 Å². The van der Waals surface area contributed by atoms with E-state index >= 15 is 0 Å². The van der Waals surface area contributed by atoms with Gasteiger partial charge in [0.15, 0.2) is 0 Å². The van der Waals surface area contributed by atoms with Crippen LogP contribution in [-0.4, -0.2) is 9.55 Å². The monoisotopic (exact) mass is 713 g/mol. The third kappa shape index (κ3) is 5.40. The molecule has 0 bridgehead atoms. The predicted octanol–water partition coefficient (Wildman–Crippen LogP) is 14.4. The van der Waals surface area contributed by atoms with E-state index in [0.717, 1.165) is 56.3 Å². The molecule has 262 valence electrons. The van der Waals surface area contributed by atoms with Crippen LogP contribution in [0.3, 0.4) is 0 Å². The van der Waals surface area contributed by atoms with Crippen molar-refractivity contribution in [3.05, 3.63) is 212 Å². The van der Waals surface area contributed by atoms with Gasteiger partial charge in [-0.25, -0.2) is 4.98 Å². The number of hydrogen-bond acceptors (Lipinski definition) is 2. The molecule has 11 rings (SSSR count). The van der Waals surface area contributed by atoms with Crippen molar-refractivity contribution in [2.45, 2.75) is 0 Å². The third-order valence-electron chi connectivity index (χ3n) is 11.1. The first-order valence-corrected chi connectivity index (χ1v) is 19.1. The van der Waals surface area contributed by atoms with Gasteiger partial charge in [-0.15, -0.1) is 0 Å². The highest BCUT2D eigenvalue weighted by Crippen LogP contribution is 2.40. The van der Waals surface area contributed by atoms with Gasteiger partial charge in [-0.2, -0.15) is 0 Å². The topological polar surface area (TPSA) is 21.1 Å². The molecule has 3 heteroatoms. The van der Waals surface area contributed by atoms with Crippen molar-refractivity contribution < 1.29 is 0 Å². The quantitative estimate of drug-likeness (QED) is 0.160. The summed E-state index contributed by atoms with van der Waals surface area (Å²) < 4.78 is 2.27. The minimum Gasteiger partial charge on any atom is -0.310 e. The minimum absolute atomic E-state index is 0.932. The van der Waals surface area contributed by atoms with Gasteiger partial charge in [0.1, 0.15) is 5.82 Å². The lowest BCUT2D eigenvalue weighted by Gasteiger charge is -2.26. The average Bonchev–Trinajstić information content (AvgIpc) is 3.67. The lowest BCUT2D eigenvalue weighted by atomic mass is 9.99. The fraction of sp³-hybridized carbons (Fsp3) is 0. The van der Waals surface area contributed by atoms with Crippen molar-refractivity contribution in [1.82, 2.24) is 9.55 Å². The van der Waals surface area contributed by atoms with Gasteiger partial charge in [0.05, 0.1) is 11.0 Å². The molecule has 3 nitrogen and oxygen atoms in total. The Morgan fingerprint density at radius 2 is 0.875 bits per heavy atom. The molecule has 0 saturated heterocycles. The number of para-hydroxylation sites is 2. The Balaban J connectivity index is 1.03. The van der Waals surface area contributed by atoms with Crippen LogP contribution >= 0.6 is 0 Å². The van der Waals surface area contributed by atoms with Crippen LogP contribution in [-0.2, 0) is 0 Å². The summed E-state index contributed by atoms with van der Waals surface area (Å²) in [5, 5.41) is 9.99. The molecule has 1 heterocycles. The maximum absolute atomic E-state index is 5.08. The molecule has 0 N–H and O–H groups in total. The fourth-order valence-corrected chi connectivity index (χ4v) is 8.42. The lowest BCUT2D eigenvalue weighted by Crippen LogP contribution is -2.10. The maximum atomic E-state index is 5.08. The van der Waals surface area contributed by atoms with Crippen molar-refractivity contribution >= 4 is 71.2 Å². The van der Waals surface area contributed by atoms with Crippen LogP contribution in [0, 0.1) is 0 Å². The van der Waals surface area contributed by atoms with Crippen LogP contribution < -0.4 is 4.90 Å². The SMILES string of the molecule is c1ccc(-c2nc3ccccc3n2-c2cccc(-c3ccc(N(c4ccc5c(ccc6ccccc65)c4)c4ccc5c(ccc6ccccc65)c4)cc3)c2)cc1. The molecule has 0 atom stereocenters. The number of nitrogens with zero attached hydrogens (tertiary/aromatic N) is 3. The summed E-state index contributed by atoms with van der Waals surface area (Å²) in [6, 6.07) is 76.5. The zero-order chi connectivity index (χ0) is 37.0. The Kier molecular flexibility index (Phi) is 7.49. The largest absolute Gasteiger partial charge is 0.310 e. The summed E-state index contributed by atoms with van der Waals surface area (Å²) in [6.07, 6.45) is 0. The molecule has 0 aliphatic heterocycles. The van der Waals surface area contributed by atoms with E-state index in [1.807, 2.05) is 6.07 Å². The second-order valence-electron chi connectivity index (χ2n) is 14.4. The predicted molar refractivity (Wildman–Crippen MR) is 237 cm³/mol. The van der Waals surface area contributed by atoms with Gasteiger partial charge in [-0.3, -0.25) is 4.57 Å². The van der Waals surface area contributed by atoms with E-state index in [-0.39, 0.29) is 0 Å². The molecular weight excluding hydrogens is 679 g/mol. The molecule has 0 saturated carbocycles. The summed E-state index contributed by atoms with van der Waals surface area (Å²) in [5.74, 6) is 0.932. The Hall–Kier alpha value is -7.49. The number of hydrogen-bond donors (Lipinski definition) is 0. The maximum Gasteiger partial charge on any atom is 0.145 e. The van der Waals surface area contributed by atoms with Crippen LogP contribution in [0.5, 0.6) is 0 Å². The molecule has 0 fully saturated rings. The molecule has 56 heavy (non-hydrogen) atoms. The standard InChI is InChI=1S/C53H35N3/c1-2-13-39(14-3-1)53-54-51-19-8-9-20-52(51)56(53)44-16-10-15-40(33-44)36-25-27-43(28-26-36)55(45-29-31-49-41(34-45)23-21-37-11-4-6-17-47(37)49)46-30-32-50-42(35-46)24-22-38-12-5-7-18-48(38)50/h1-35H. The first-order chi connectivity index (χ1) is 27.7. The second kappa shape index (κ2) is 13.1. The van der Waals surface area contributed by atoms with Crippen molar-refractivity contribution in [2.75, 3.05) is 4.90 Å². The Morgan fingerprint density at radius 3 is 1.55 bits per heavy atom. The van der Waals surface area contributed by atoms with Crippen molar-refractivity contribution in [3.63, 3.8) is 0 Å². The highest BCUT2D eigenvalue weighted by Gasteiger charge is 2.17. The molecule has 0 aliphatic carbocycles. The van der Waals surface area contributed by atoms with Crippen molar-refractivity contribution in [2.24, 2.45) is 0 Å². The van der Waals surface area contributed by atoms with E-state index in [1.165, 1.54) is 43.1 Å². The van der Waals surface area contributed by atoms with Crippen LogP contribution in [0.2, 0.25) is 0 Å².